The van der Waals surface area contributed by atoms with Crippen LogP contribution in [0.3, 0.4) is 0 Å². The fraction of sp³-hybridized carbons (Fsp3) is 0.688. The van der Waals surface area contributed by atoms with E-state index in [0.717, 1.165) is 37.2 Å². The minimum atomic E-state index is 0.200. The third kappa shape index (κ3) is 2.63. The lowest BCUT2D eigenvalue weighted by molar-refractivity contribution is 0.0666. The molecule has 0 spiro atoms. The van der Waals surface area contributed by atoms with Crippen molar-refractivity contribution in [3.63, 3.8) is 0 Å². The van der Waals surface area contributed by atoms with E-state index in [1.165, 1.54) is 29.7 Å². The average molecular weight is 292 g/mol. The highest BCUT2D eigenvalue weighted by molar-refractivity contribution is 7.14. The highest BCUT2D eigenvalue weighted by Crippen LogP contribution is 2.31. The number of thiophene rings is 1. The standard InChI is InChI=1S/C16H24N2OS/c1-16(17-2)7-9-18(10-8-16)15(19)14-11-12-5-3-4-6-13(12)20-14/h11,17H,3-10H2,1-2H3. The highest BCUT2D eigenvalue weighted by Gasteiger charge is 2.31. The first kappa shape index (κ1) is 14.1. The molecule has 1 amide bonds. The van der Waals surface area contributed by atoms with Crippen LogP contribution >= 0.6 is 11.3 Å². The van der Waals surface area contributed by atoms with Crippen LogP contribution in [0.5, 0.6) is 0 Å². The summed E-state index contributed by atoms with van der Waals surface area (Å²) in [6.45, 7) is 4.00. The van der Waals surface area contributed by atoms with Crippen molar-refractivity contribution >= 4 is 17.2 Å². The molecule has 0 atom stereocenters. The van der Waals surface area contributed by atoms with Crippen LogP contribution in [0.4, 0.5) is 0 Å². The molecule has 4 heteroatoms. The average Bonchev–Trinajstić information content (AvgIpc) is 2.91. The lowest BCUT2D eigenvalue weighted by atomic mass is 9.90. The highest BCUT2D eigenvalue weighted by atomic mass is 32.1. The van der Waals surface area contributed by atoms with Gasteiger partial charge in [0.05, 0.1) is 4.88 Å². The van der Waals surface area contributed by atoms with Gasteiger partial charge in [-0.3, -0.25) is 4.79 Å². The van der Waals surface area contributed by atoms with Crippen LogP contribution in [0.1, 0.15) is 52.7 Å². The van der Waals surface area contributed by atoms with Gasteiger partial charge in [0.25, 0.3) is 5.91 Å². The van der Waals surface area contributed by atoms with E-state index in [-0.39, 0.29) is 11.4 Å². The van der Waals surface area contributed by atoms with Crippen LogP contribution < -0.4 is 5.32 Å². The summed E-state index contributed by atoms with van der Waals surface area (Å²) in [6.07, 6.45) is 6.98. The number of hydrogen-bond acceptors (Lipinski definition) is 3. The Balaban J connectivity index is 1.69. The Morgan fingerprint density at radius 3 is 2.65 bits per heavy atom. The summed E-state index contributed by atoms with van der Waals surface area (Å²) < 4.78 is 0. The van der Waals surface area contributed by atoms with Crippen LogP contribution in [0, 0.1) is 0 Å². The summed E-state index contributed by atoms with van der Waals surface area (Å²) in [6, 6.07) is 2.16. The van der Waals surface area contributed by atoms with Crippen molar-refractivity contribution in [3.05, 3.63) is 21.4 Å². The molecule has 1 aliphatic carbocycles. The second kappa shape index (κ2) is 5.49. The zero-order chi connectivity index (χ0) is 14.2. The summed E-state index contributed by atoms with van der Waals surface area (Å²) >= 11 is 1.74. The Labute approximate surface area is 125 Å². The van der Waals surface area contributed by atoms with Gasteiger partial charge in [-0.2, -0.15) is 0 Å². The summed E-state index contributed by atoms with van der Waals surface area (Å²) in [4.78, 5) is 17.1. The number of carbonyl (C=O) groups excluding carboxylic acids is 1. The molecule has 0 radical (unpaired) electrons. The van der Waals surface area contributed by atoms with Gasteiger partial charge in [-0.1, -0.05) is 0 Å². The van der Waals surface area contributed by atoms with Gasteiger partial charge < -0.3 is 10.2 Å². The number of piperidine rings is 1. The van der Waals surface area contributed by atoms with Gasteiger partial charge >= 0.3 is 0 Å². The number of fused-ring (bicyclic) bond motifs is 1. The molecule has 1 N–H and O–H groups in total. The van der Waals surface area contributed by atoms with Gasteiger partial charge in [-0.15, -0.1) is 11.3 Å². The Bertz CT molecular complexity index is 477. The van der Waals surface area contributed by atoms with Crippen LogP contribution in [-0.4, -0.2) is 36.5 Å². The fourth-order valence-corrected chi connectivity index (χ4v) is 4.43. The van der Waals surface area contributed by atoms with E-state index in [0.29, 0.717) is 0 Å². The Hall–Kier alpha value is -0.870. The molecule has 2 aliphatic rings. The maximum absolute atomic E-state index is 12.6. The first-order valence-electron chi connectivity index (χ1n) is 7.71. The van der Waals surface area contributed by atoms with E-state index in [1.54, 1.807) is 11.3 Å². The molecule has 1 aliphatic heterocycles. The third-order valence-electron chi connectivity index (χ3n) is 4.97. The van der Waals surface area contributed by atoms with Crippen molar-refractivity contribution in [2.24, 2.45) is 0 Å². The first-order valence-corrected chi connectivity index (χ1v) is 8.53. The minimum absolute atomic E-state index is 0.200. The lowest BCUT2D eigenvalue weighted by Crippen LogP contribution is -2.51. The quantitative estimate of drug-likeness (QED) is 0.909. The van der Waals surface area contributed by atoms with Crippen molar-refractivity contribution in [3.8, 4) is 0 Å². The van der Waals surface area contributed by atoms with Gasteiger partial charge in [-0.05, 0) is 64.1 Å². The number of aryl methyl sites for hydroxylation is 2. The van der Waals surface area contributed by atoms with E-state index < -0.39 is 0 Å². The van der Waals surface area contributed by atoms with Gasteiger partial charge in [0, 0.05) is 23.5 Å². The van der Waals surface area contributed by atoms with Crippen LogP contribution in [0.25, 0.3) is 0 Å². The zero-order valence-electron chi connectivity index (χ0n) is 12.5. The molecular weight excluding hydrogens is 268 g/mol. The SMILES string of the molecule is CNC1(C)CCN(C(=O)c2cc3c(s2)CCCC3)CC1. The summed E-state index contributed by atoms with van der Waals surface area (Å²) in [5, 5.41) is 3.38. The van der Waals surface area contributed by atoms with Crippen molar-refractivity contribution in [1.29, 1.82) is 0 Å². The Morgan fingerprint density at radius 1 is 1.30 bits per heavy atom. The molecule has 0 unspecified atom stereocenters. The van der Waals surface area contributed by atoms with E-state index in [4.69, 9.17) is 0 Å². The van der Waals surface area contributed by atoms with Crippen LogP contribution in [0.15, 0.2) is 6.07 Å². The van der Waals surface area contributed by atoms with Crippen molar-refractivity contribution < 1.29 is 4.79 Å². The molecule has 0 saturated carbocycles. The maximum atomic E-state index is 12.6. The van der Waals surface area contributed by atoms with E-state index in [1.807, 2.05) is 11.9 Å². The summed E-state index contributed by atoms with van der Waals surface area (Å²) in [7, 11) is 2.02. The zero-order valence-corrected chi connectivity index (χ0v) is 13.3. The second-order valence-electron chi connectivity index (χ2n) is 6.37. The van der Waals surface area contributed by atoms with Crippen LogP contribution in [-0.2, 0) is 12.8 Å². The first-order chi connectivity index (χ1) is 9.61. The predicted octanol–water partition coefficient (Wildman–Crippen LogP) is 2.84. The fourth-order valence-electron chi connectivity index (χ4n) is 3.21. The van der Waals surface area contributed by atoms with E-state index in [2.05, 4.69) is 18.3 Å². The Morgan fingerprint density at radius 2 is 2.00 bits per heavy atom. The van der Waals surface area contributed by atoms with E-state index >= 15 is 0 Å². The van der Waals surface area contributed by atoms with E-state index in [9.17, 15) is 4.79 Å². The molecule has 0 bridgehead atoms. The number of likely N-dealkylation sites (tertiary alicyclic amines) is 1. The van der Waals surface area contributed by atoms with Gasteiger partial charge in [-0.25, -0.2) is 0 Å². The number of rotatable bonds is 2. The maximum Gasteiger partial charge on any atom is 0.263 e. The molecule has 0 aromatic carbocycles. The summed E-state index contributed by atoms with van der Waals surface area (Å²) in [5.74, 6) is 0.252. The minimum Gasteiger partial charge on any atom is -0.338 e. The second-order valence-corrected chi connectivity index (χ2v) is 7.51. The van der Waals surface area contributed by atoms with Gasteiger partial charge in [0.15, 0.2) is 0 Å². The molecule has 1 aromatic rings. The van der Waals surface area contributed by atoms with Crippen molar-refractivity contribution in [2.75, 3.05) is 20.1 Å². The molecule has 1 fully saturated rings. The number of carbonyl (C=O) groups is 1. The molecule has 2 heterocycles. The van der Waals surface area contributed by atoms with Gasteiger partial charge in [0.2, 0.25) is 0 Å². The lowest BCUT2D eigenvalue weighted by Gasteiger charge is -2.39. The number of hydrogen-bond donors (Lipinski definition) is 1. The molecular formula is C16H24N2OS. The van der Waals surface area contributed by atoms with Crippen molar-refractivity contribution in [1.82, 2.24) is 10.2 Å². The molecule has 110 valence electrons. The number of amides is 1. The largest absolute Gasteiger partial charge is 0.338 e. The van der Waals surface area contributed by atoms with Crippen LogP contribution in [0.2, 0.25) is 0 Å². The molecule has 1 aromatic heterocycles. The smallest absolute Gasteiger partial charge is 0.263 e. The van der Waals surface area contributed by atoms with Crippen molar-refractivity contribution in [2.45, 2.75) is 51.0 Å². The molecule has 20 heavy (non-hydrogen) atoms. The van der Waals surface area contributed by atoms with Gasteiger partial charge in [0.1, 0.15) is 0 Å². The number of nitrogens with one attached hydrogen (secondary N) is 1. The molecule has 1 saturated heterocycles. The molecule has 3 rings (SSSR count). The topological polar surface area (TPSA) is 32.3 Å². The predicted molar refractivity (Wildman–Crippen MR) is 83.6 cm³/mol. The summed E-state index contributed by atoms with van der Waals surface area (Å²) in [5.41, 5.74) is 1.63. The Kier molecular flexibility index (Phi) is 3.87. The normalized spacial score (nSPS) is 21.6. The third-order valence-corrected chi connectivity index (χ3v) is 6.19. The monoisotopic (exact) mass is 292 g/mol. The molecule has 3 nitrogen and oxygen atoms in total. The number of nitrogens with zero attached hydrogens (tertiary/aromatic N) is 1.